The zero-order valence-corrected chi connectivity index (χ0v) is 17.2. The third-order valence-corrected chi connectivity index (χ3v) is 4.04. The summed E-state index contributed by atoms with van der Waals surface area (Å²) in [5.41, 5.74) is 4.07. The first-order valence-corrected chi connectivity index (χ1v) is 9.10. The molecule has 0 aliphatic carbocycles. The third-order valence-electron chi connectivity index (χ3n) is 4.04. The molecule has 0 aliphatic heterocycles. The Morgan fingerprint density at radius 2 is 1.64 bits per heavy atom. The smallest absolute Gasteiger partial charge is 0.338 e. The van der Waals surface area contributed by atoms with E-state index < -0.39 is 11.9 Å². The summed E-state index contributed by atoms with van der Waals surface area (Å²) in [7, 11) is 1.50. The van der Waals surface area contributed by atoms with Crippen LogP contribution in [-0.4, -0.2) is 31.7 Å². The van der Waals surface area contributed by atoms with Crippen molar-refractivity contribution in [2.24, 2.45) is 0 Å². The average Bonchev–Trinajstić information content (AvgIpc) is 2.62. The van der Waals surface area contributed by atoms with Gasteiger partial charge in [-0.1, -0.05) is 17.7 Å². The number of hydrogen-bond donors (Lipinski definition) is 1. The number of ether oxygens (including phenoxy) is 3. The van der Waals surface area contributed by atoms with Crippen LogP contribution in [0.15, 0.2) is 30.3 Å². The Morgan fingerprint density at radius 3 is 2.21 bits per heavy atom. The number of benzene rings is 2. The summed E-state index contributed by atoms with van der Waals surface area (Å²) < 4.78 is 16.0. The zero-order chi connectivity index (χ0) is 20.8. The zero-order valence-electron chi connectivity index (χ0n) is 17.2. The molecule has 2 rings (SSSR count). The van der Waals surface area contributed by atoms with Gasteiger partial charge < -0.3 is 19.5 Å². The summed E-state index contributed by atoms with van der Waals surface area (Å²) in [6.45, 7) is 9.27. The molecule has 6 heteroatoms. The molecule has 0 aromatic heterocycles. The first kappa shape index (κ1) is 21.3. The van der Waals surface area contributed by atoms with Gasteiger partial charge in [-0.15, -0.1) is 0 Å². The van der Waals surface area contributed by atoms with Gasteiger partial charge in [0.05, 0.1) is 18.8 Å². The highest BCUT2D eigenvalue weighted by Gasteiger charge is 2.15. The van der Waals surface area contributed by atoms with Crippen molar-refractivity contribution in [3.05, 3.63) is 52.6 Å². The number of hydrogen-bond acceptors (Lipinski definition) is 5. The van der Waals surface area contributed by atoms with Crippen molar-refractivity contribution in [3.63, 3.8) is 0 Å². The predicted octanol–water partition coefficient (Wildman–Crippen LogP) is 4.20. The summed E-state index contributed by atoms with van der Waals surface area (Å²) in [4.78, 5) is 24.5. The van der Waals surface area contributed by atoms with Crippen molar-refractivity contribution in [3.8, 4) is 11.5 Å². The van der Waals surface area contributed by atoms with Crippen LogP contribution in [0.25, 0.3) is 0 Å². The maximum atomic E-state index is 12.3. The largest absolute Gasteiger partial charge is 0.493 e. The molecule has 1 amide bonds. The molecule has 0 unspecified atom stereocenters. The lowest BCUT2D eigenvalue weighted by molar-refractivity contribution is -0.119. The second-order valence-corrected chi connectivity index (χ2v) is 6.93. The number of amides is 1. The van der Waals surface area contributed by atoms with E-state index >= 15 is 0 Å². The minimum atomic E-state index is -0.609. The van der Waals surface area contributed by atoms with E-state index in [0.29, 0.717) is 11.5 Å². The van der Waals surface area contributed by atoms with Crippen molar-refractivity contribution in [1.82, 2.24) is 0 Å². The molecule has 150 valence electrons. The van der Waals surface area contributed by atoms with Gasteiger partial charge in [-0.2, -0.15) is 0 Å². The molecule has 0 spiro atoms. The fourth-order valence-corrected chi connectivity index (χ4v) is 2.91. The quantitative estimate of drug-likeness (QED) is 0.723. The van der Waals surface area contributed by atoms with Crippen LogP contribution in [0.1, 0.15) is 40.9 Å². The van der Waals surface area contributed by atoms with Crippen LogP contribution in [0.3, 0.4) is 0 Å². The minimum absolute atomic E-state index is 0.0240. The van der Waals surface area contributed by atoms with Crippen molar-refractivity contribution in [2.45, 2.75) is 40.7 Å². The molecule has 1 N–H and O–H groups in total. The maximum absolute atomic E-state index is 12.3. The first-order chi connectivity index (χ1) is 13.2. The summed E-state index contributed by atoms with van der Waals surface area (Å²) in [6.07, 6.45) is -0.0240. The fourth-order valence-electron chi connectivity index (χ4n) is 2.91. The van der Waals surface area contributed by atoms with Crippen LogP contribution in [0.5, 0.6) is 11.5 Å². The average molecular weight is 385 g/mol. The van der Waals surface area contributed by atoms with Gasteiger partial charge in [0.2, 0.25) is 0 Å². The van der Waals surface area contributed by atoms with Crippen LogP contribution in [0.2, 0.25) is 0 Å². The number of nitrogens with one attached hydrogen (secondary N) is 1. The van der Waals surface area contributed by atoms with Crippen LogP contribution in [-0.2, 0) is 9.53 Å². The summed E-state index contributed by atoms with van der Waals surface area (Å²) >= 11 is 0. The Kier molecular flexibility index (Phi) is 7.04. The van der Waals surface area contributed by atoms with Crippen LogP contribution < -0.4 is 14.8 Å². The van der Waals surface area contributed by atoms with E-state index in [1.807, 2.05) is 46.8 Å². The SMILES string of the molecule is COc1cc(C(=O)OCC(=O)Nc2c(C)cc(C)cc2C)ccc1OC(C)C. The molecule has 0 saturated heterocycles. The number of carbonyl (C=O) groups is 2. The molecule has 6 nitrogen and oxygen atoms in total. The molecule has 0 radical (unpaired) electrons. The summed E-state index contributed by atoms with van der Waals surface area (Å²) in [5.74, 6) is -0.0346. The lowest BCUT2D eigenvalue weighted by atomic mass is 10.1. The number of anilines is 1. The molecule has 0 fully saturated rings. The Morgan fingerprint density at radius 1 is 1.00 bits per heavy atom. The summed E-state index contributed by atoms with van der Waals surface area (Å²) in [6, 6.07) is 8.73. The van der Waals surface area contributed by atoms with Gasteiger partial charge in [0.25, 0.3) is 5.91 Å². The molecular formula is C22H27NO5. The lowest BCUT2D eigenvalue weighted by Crippen LogP contribution is -2.22. The number of aryl methyl sites for hydroxylation is 3. The van der Waals surface area contributed by atoms with Crippen molar-refractivity contribution in [2.75, 3.05) is 19.0 Å². The number of carbonyl (C=O) groups excluding carboxylic acids is 2. The third kappa shape index (κ3) is 5.49. The van der Waals surface area contributed by atoms with Gasteiger partial charge in [0, 0.05) is 5.69 Å². The molecule has 0 aliphatic rings. The van der Waals surface area contributed by atoms with E-state index in [9.17, 15) is 9.59 Å². The van der Waals surface area contributed by atoms with Crippen LogP contribution >= 0.6 is 0 Å². The highest BCUT2D eigenvalue weighted by Crippen LogP contribution is 2.29. The van der Waals surface area contributed by atoms with Crippen molar-refractivity contribution < 1.29 is 23.8 Å². The first-order valence-electron chi connectivity index (χ1n) is 9.10. The van der Waals surface area contributed by atoms with Gasteiger partial charge in [-0.25, -0.2) is 4.79 Å². The molecular weight excluding hydrogens is 358 g/mol. The number of esters is 1. The van der Waals surface area contributed by atoms with Gasteiger partial charge in [0.15, 0.2) is 18.1 Å². The standard InChI is InChI=1S/C22H27NO5/c1-13(2)28-18-8-7-17(11-19(18)26-6)22(25)27-12-20(24)23-21-15(4)9-14(3)10-16(21)5/h7-11,13H,12H2,1-6H3,(H,23,24). The lowest BCUT2D eigenvalue weighted by Gasteiger charge is -2.15. The van der Waals surface area contributed by atoms with E-state index in [4.69, 9.17) is 14.2 Å². The van der Waals surface area contributed by atoms with Gasteiger partial charge in [0.1, 0.15) is 0 Å². The van der Waals surface area contributed by atoms with E-state index in [2.05, 4.69) is 5.32 Å². The monoisotopic (exact) mass is 385 g/mol. The molecule has 0 saturated carbocycles. The molecule has 0 heterocycles. The number of methoxy groups -OCH3 is 1. The second kappa shape index (κ2) is 9.26. The molecule has 0 bridgehead atoms. The van der Waals surface area contributed by atoms with E-state index in [-0.39, 0.29) is 18.3 Å². The Hall–Kier alpha value is -3.02. The Balaban J connectivity index is 2.01. The summed E-state index contributed by atoms with van der Waals surface area (Å²) in [5, 5.41) is 2.80. The minimum Gasteiger partial charge on any atom is -0.493 e. The normalized spacial score (nSPS) is 10.5. The highest BCUT2D eigenvalue weighted by molar-refractivity contribution is 5.96. The van der Waals surface area contributed by atoms with Gasteiger partial charge >= 0.3 is 5.97 Å². The Bertz CT molecular complexity index is 850. The van der Waals surface area contributed by atoms with Crippen molar-refractivity contribution >= 4 is 17.6 Å². The molecule has 2 aromatic rings. The topological polar surface area (TPSA) is 73.9 Å². The van der Waals surface area contributed by atoms with Crippen LogP contribution in [0, 0.1) is 20.8 Å². The molecule has 28 heavy (non-hydrogen) atoms. The maximum Gasteiger partial charge on any atom is 0.338 e. The van der Waals surface area contributed by atoms with Crippen molar-refractivity contribution in [1.29, 1.82) is 0 Å². The second-order valence-electron chi connectivity index (χ2n) is 6.93. The predicted molar refractivity (Wildman–Crippen MR) is 108 cm³/mol. The van der Waals surface area contributed by atoms with Crippen LogP contribution in [0.4, 0.5) is 5.69 Å². The Labute approximate surface area is 165 Å². The van der Waals surface area contributed by atoms with E-state index in [0.717, 1.165) is 22.4 Å². The highest BCUT2D eigenvalue weighted by atomic mass is 16.5. The molecule has 0 atom stereocenters. The van der Waals surface area contributed by atoms with E-state index in [1.165, 1.54) is 13.2 Å². The molecule has 2 aromatic carbocycles. The van der Waals surface area contributed by atoms with Gasteiger partial charge in [-0.05, 0) is 63.9 Å². The van der Waals surface area contributed by atoms with Gasteiger partial charge in [-0.3, -0.25) is 4.79 Å². The van der Waals surface area contributed by atoms with E-state index in [1.54, 1.807) is 12.1 Å². The number of rotatable bonds is 7. The fraction of sp³-hybridized carbons (Fsp3) is 0.364.